The molecule has 106 valence electrons. The van der Waals surface area contributed by atoms with E-state index in [4.69, 9.17) is 4.42 Å². The molecule has 1 N–H and O–H groups in total. The summed E-state index contributed by atoms with van der Waals surface area (Å²) in [5.74, 6) is 0.851. The van der Waals surface area contributed by atoms with Gasteiger partial charge in [0, 0.05) is 11.3 Å². The zero-order valence-electron chi connectivity index (χ0n) is 11.6. The first kappa shape index (κ1) is 14.5. The Morgan fingerprint density at radius 3 is 3.11 bits per heavy atom. The van der Waals surface area contributed by atoms with Gasteiger partial charge in [0.2, 0.25) is 5.91 Å². The molecule has 1 aromatic heterocycles. The molecule has 4 nitrogen and oxygen atoms in total. The summed E-state index contributed by atoms with van der Waals surface area (Å²) < 4.78 is 5.19. The lowest BCUT2D eigenvalue weighted by molar-refractivity contribution is -0.122. The second-order valence-corrected chi connectivity index (χ2v) is 6.12. The van der Waals surface area contributed by atoms with Gasteiger partial charge in [0.05, 0.1) is 19.4 Å². The fraction of sp³-hybridized carbons (Fsp3) is 0.643. The Morgan fingerprint density at radius 1 is 1.58 bits per heavy atom. The molecule has 0 bridgehead atoms. The van der Waals surface area contributed by atoms with Crippen molar-refractivity contribution in [2.75, 3.05) is 19.8 Å². The zero-order valence-corrected chi connectivity index (χ0v) is 12.4. The van der Waals surface area contributed by atoms with E-state index in [9.17, 15) is 4.79 Å². The Balaban J connectivity index is 1.75. The standard InChI is InChI=1S/C14H22N2O2S/c1-16(12-6-3-7-13(12)19-2)10-14(17)15-9-11-5-4-8-18-11/h4-5,8,12-13H,3,6-7,9-10H2,1-2H3,(H,15,17)/t12-,13-/m1/s1. The summed E-state index contributed by atoms with van der Waals surface area (Å²) >= 11 is 1.92. The molecule has 0 saturated heterocycles. The van der Waals surface area contributed by atoms with Gasteiger partial charge in [-0.2, -0.15) is 11.8 Å². The molecule has 1 aromatic rings. The van der Waals surface area contributed by atoms with Gasteiger partial charge in [-0.15, -0.1) is 0 Å². The lowest BCUT2D eigenvalue weighted by atomic mass is 10.2. The average Bonchev–Trinajstić information content (AvgIpc) is 3.07. The predicted octanol–water partition coefficient (Wildman–Crippen LogP) is 2.11. The van der Waals surface area contributed by atoms with Gasteiger partial charge in [-0.25, -0.2) is 0 Å². The first-order valence-electron chi connectivity index (χ1n) is 6.73. The lowest BCUT2D eigenvalue weighted by Crippen LogP contribution is -2.42. The van der Waals surface area contributed by atoms with Gasteiger partial charge in [0.15, 0.2) is 0 Å². The number of furan rings is 1. The average molecular weight is 282 g/mol. The van der Waals surface area contributed by atoms with E-state index in [0.717, 1.165) is 5.76 Å². The van der Waals surface area contributed by atoms with E-state index >= 15 is 0 Å². The van der Waals surface area contributed by atoms with Crippen molar-refractivity contribution in [1.82, 2.24) is 10.2 Å². The van der Waals surface area contributed by atoms with Crippen LogP contribution in [0.3, 0.4) is 0 Å². The van der Waals surface area contributed by atoms with Gasteiger partial charge in [-0.3, -0.25) is 9.69 Å². The molecule has 1 saturated carbocycles. The van der Waals surface area contributed by atoms with Crippen LogP contribution in [-0.2, 0) is 11.3 Å². The molecule has 0 radical (unpaired) electrons. The van der Waals surface area contributed by atoms with E-state index in [1.807, 2.05) is 30.9 Å². The minimum atomic E-state index is 0.0608. The molecule has 5 heteroatoms. The molecular weight excluding hydrogens is 260 g/mol. The minimum absolute atomic E-state index is 0.0608. The Labute approximate surface area is 118 Å². The maximum atomic E-state index is 11.9. The van der Waals surface area contributed by atoms with E-state index in [2.05, 4.69) is 16.5 Å². The van der Waals surface area contributed by atoms with Crippen LogP contribution < -0.4 is 5.32 Å². The van der Waals surface area contributed by atoms with Crippen molar-refractivity contribution >= 4 is 17.7 Å². The molecule has 1 fully saturated rings. The van der Waals surface area contributed by atoms with Crippen LogP contribution in [0.15, 0.2) is 22.8 Å². The summed E-state index contributed by atoms with van der Waals surface area (Å²) in [5, 5.41) is 3.56. The van der Waals surface area contributed by atoms with Crippen LogP contribution in [-0.4, -0.2) is 41.9 Å². The first-order chi connectivity index (χ1) is 9.20. The highest BCUT2D eigenvalue weighted by Gasteiger charge is 2.30. The van der Waals surface area contributed by atoms with Gasteiger partial charge in [-0.1, -0.05) is 6.42 Å². The highest BCUT2D eigenvalue weighted by molar-refractivity contribution is 7.99. The fourth-order valence-electron chi connectivity index (χ4n) is 2.68. The molecule has 1 aliphatic rings. The Hall–Kier alpha value is -0.940. The highest BCUT2D eigenvalue weighted by atomic mass is 32.2. The van der Waals surface area contributed by atoms with E-state index in [1.165, 1.54) is 19.3 Å². The minimum Gasteiger partial charge on any atom is -0.467 e. The highest BCUT2D eigenvalue weighted by Crippen LogP contribution is 2.31. The molecule has 2 rings (SSSR count). The van der Waals surface area contributed by atoms with Crippen molar-refractivity contribution in [3.63, 3.8) is 0 Å². The molecule has 1 amide bonds. The SMILES string of the molecule is CS[C@@H]1CCC[C@H]1N(C)CC(=O)NCc1ccco1. The van der Waals surface area contributed by atoms with Gasteiger partial charge < -0.3 is 9.73 Å². The number of hydrogen-bond acceptors (Lipinski definition) is 4. The molecule has 1 aliphatic carbocycles. The van der Waals surface area contributed by atoms with E-state index in [1.54, 1.807) is 6.26 Å². The largest absolute Gasteiger partial charge is 0.467 e. The van der Waals surface area contributed by atoms with Crippen molar-refractivity contribution in [2.45, 2.75) is 37.1 Å². The van der Waals surface area contributed by atoms with Crippen molar-refractivity contribution in [3.8, 4) is 0 Å². The maximum Gasteiger partial charge on any atom is 0.234 e. The van der Waals surface area contributed by atoms with E-state index in [-0.39, 0.29) is 5.91 Å². The normalized spacial score (nSPS) is 22.9. The Bertz CT molecular complexity index is 394. The van der Waals surface area contributed by atoms with Crippen LogP contribution >= 0.6 is 11.8 Å². The fourth-order valence-corrected chi connectivity index (χ4v) is 3.74. The summed E-state index contributed by atoms with van der Waals surface area (Å²) in [7, 11) is 2.05. The number of nitrogens with zero attached hydrogens (tertiary/aromatic N) is 1. The van der Waals surface area contributed by atoms with Gasteiger partial charge in [0.1, 0.15) is 5.76 Å². The van der Waals surface area contributed by atoms with E-state index in [0.29, 0.717) is 24.4 Å². The summed E-state index contributed by atoms with van der Waals surface area (Å²) in [4.78, 5) is 14.1. The molecule has 19 heavy (non-hydrogen) atoms. The first-order valence-corrected chi connectivity index (χ1v) is 8.01. The number of likely N-dealkylation sites (N-methyl/N-ethyl adjacent to an activating group) is 1. The summed E-state index contributed by atoms with van der Waals surface area (Å²) in [6.45, 7) is 0.929. The number of carbonyl (C=O) groups excluding carboxylic acids is 1. The maximum absolute atomic E-state index is 11.9. The van der Waals surface area contributed by atoms with Gasteiger partial charge in [-0.05, 0) is 38.3 Å². The number of amides is 1. The van der Waals surface area contributed by atoms with Crippen molar-refractivity contribution < 1.29 is 9.21 Å². The molecule has 2 atom stereocenters. The predicted molar refractivity (Wildman–Crippen MR) is 78.1 cm³/mol. The number of nitrogens with one attached hydrogen (secondary N) is 1. The summed E-state index contributed by atoms with van der Waals surface area (Å²) in [5.41, 5.74) is 0. The number of thioether (sulfide) groups is 1. The van der Waals surface area contributed by atoms with Crippen molar-refractivity contribution in [3.05, 3.63) is 24.2 Å². The molecule has 1 heterocycles. The van der Waals surface area contributed by atoms with Crippen LogP contribution in [0.25, 0.3) is 0 Å². The number of rotatable bonds is 6. The molecule has 0 spiro atoms. The molecule has 0 unspecified atom stereocenters. The summed E-state index contributed by atoms with van der Waals surface area (Å²) in [6.07, 6.45) is 7.52. The van der Waals surface area contributed by atoms with Crippen LogP contribution in [0.4, 0.5) is 0 Å². The summed E-state index contributed by atoms with van der Waals surface area (Å²) in [6, 6.07) is 4.23. The number of hydrogen-bond donors (Lipinski definition) is 1. The third kappa shape index (κ3) is 4.01. The van der Waals surface area contributed by atoms with Crippen LogP contribution in [0.2, 0.25) is 0 Å². The van der Waals surface area contributed by atoms with Crippen molar-refractivity contribution in [1.29, 1.82) is 0 Å². The monoisotopic (exact) mass is 282 g/mol. The van der Waals surface area contributed by atoms with Crippen molar-refractivity contribution in [2.24, 2.45) is 0 Å². The third-order valence-corrected chi connectivity index (χ3v) is 4.87. The number of carbonyl (C=O) groups is 1. The molecular formula is C14H22N2O2S. The van der Waals surface area contributed by atoms with Gasteiger partial charge in [0.25, 0.3) is 0 Å². The van der Waals surface area contributed by atoms with Crippen LogP contribution in [0.1, 0.15) is 25.0 Å². The van der Waals surface area contributed by atoms with Crippen LogP contribution in [0.5, 0.6) is 0 Å². The second kappa shape index (κ2) is 7.01. The lowest BCUT2D eigenvalue weighted by Gasteiger charge is -2.28. The second-order valence-electron chi connectivity index (χ2n) is 5.04. The third-order valence-electron chi connectivity index (χ3n) is 3.72. The zero-order chi connectivity index (χ0) is 13.7. The quantitative estimate of drug-likeness (QED) is 0.868. The topological polar surface area (TPSA) is 45.5 Å². The molecule has 0 aromatic carbocycles. The van der Waals surface area contributed by atoms with Gasteiger partial charge >= 0.3 is 0 Å². The Morgan fingerprint density at radius 2 is 2.42 bits per heavy atom. The van der Waals surface area contributed by atoms with E-state index < -0.39 is 0 Å². The Kier molecular flexibility index (Phi) is 5.34. The van der Waals surface area contributed by atoms with Crippen LogP contribution in [0, 0.1) is 0 Å². The molecule has 0 aliphatic heterocycles. The smallest absolute Gasteiger partial charge is 0.234 e.